The van der Waals surface area contributed by atoms with E-state index < -0.39 is 0 Å². The van der Waals surface area contributed by atoms with Crippen molar-refractivity contribution in [2.45, 2.75) is 20.0 Å². The molecule has 0 unspecified atom stereocenters. The highest BCUT2D eigenvalue weighted by atomic mass is 79.9. The summed E-state index contributed by atoms with van der Waals surface area (Å²) in [6, 6.07) is 13.9. The summed E-state index contributed by atoms with van der Waals surface area (Å²) in [6.45, 7) is 3.22. The van der Waals surface area contributed by atoms with E-state index in [1.54, 1.807) is 0 Å². The van der Waals surface area contributed by atoms with Crippen LogP contribution in [-0.2, 0) is 13.1 Å². The van der Waals surface area contributed by atoms with E-state index in [2.05, 4.69) is 32.2 Å². The van der Waals surface area contributed by atoms with E-state index in [0.29, 0.717) is 12.3 Å². The molecule has 25 heavy (non-hydrogen) atoms. The van der Waals surface area contributed by atoms with Crippen molar-refractivity contribution < 1.29 is 9.21 Å². The number of hydrogen-bond donors (Lipinski definition) is 1. The van der Waals surface area contributed by atoms with Crippen LogP contribution in [0.2, 0.25) is 0 Å². The standard InChI is InChI=1S/C20H21BrN2O2/c1-13-17-10-16(21)8-9-18(17)25-19(13)20(24)22-11-14-6-4-5-7-15(14)12-23(2)3/h4-10H,11-12H2,1-3H3,(H,22,24). The minimum absolute atomic E-state index is 0.190. The van der Waals surface area contributed by atoms with Gasteiger partial charge in [0.25, 0.3) is 5.91 Å². The lowest BCUT2D eigenvalue weighted by Gasteiger charge is -2.14. The lowest BCUT2D eigenvalue weighted by Crippen LogP contribution is -2.24. The highest BCUT2D eigenvalue weighted by molar-refractivity contribution is 9.10. The van der Waals surface area contributed by atoms with Crippen LogP contribution in [0.25, 0.3) is 11.0 Å². The van der Waals surface area contributed by atoms with E-state index in [1.165, 1.54) is 5.56 Å². The van der Waals surface area contributed by atoms with Gasteiger partial charge in [-0.25, -0.2) is 0 Å². The molecule has 0 aliphatic heterocycles. The van der Waals surface area contributed by atoms with Crippen molar-refractivity contribution in [2.75, 3.05) is 14.1 Å². The molecular formula is C20H21BrN2O2. The summed E-state index contributed by atoms with van der Waals surface area (Å²) < 4.78 is 6.72. The third-order valence-electron chi connectivity index (χ3n) is 4.15. The maximum atomic E-state index is 12.6. The number of carbonyl (C=O) groups is 1. The number of nitrogens with one attached hydrogen (secondary N) is 1. The van der Waals surface area contributed by atoms with E-state index in [0.717, 1.165) is 33.1 Å². The zero-order valence-electron chi connectivity index (χ0n) is 14.6. The molecule has 0 aliphatic rings. The summed E-state index contributed by atoms with van der Waals surface area (Å²) in [5.41, 5.74) is 3.90. The van der Waals surface area contributed by atoms with Crippen molar-refractivity contribution in [1.29, 1.82) is 0 Å². The molecule has 2 aromatic carbocycles. The quantitative estimate of drug-likeness (QED) is 0.685. The monoisotopic (exact) mass is 400 g/mol. The summed E-state index contributed by atoms with van der Waals surface area (Å²) in [4.78, 5) is 14.7. The fourth-order valence-electron chi connectivity index (χ4n) is 2.89. The Morgan fingerprint density at radius 3 is 2.60 bits per heavy atom. The summed E-state index contributed by atoms with van der Waals surface area (Å²) in [7, 11) is 4.07. The van der Waals surface area contributed by atoms with Crippen molar-refractivity contribution in [1.82, 2.24) is 10.2 Å². The van der Waals surface area contributed by atoms with Crippen molar-refractivity contribution in [3.8, 4) is 0 Å². The molecule has 3 rings (SSSR count). The van der Waals surface area contributed by atoms with Gasteiger partial charge in [-0.05, 0) is 50.3 Å². The van der Waals surface area contributed by atoms with Crippen LogP contribution < -0.4 is 5.32 Å². The predicted octanol–water partition coefficient (Wildman–Crippen LogP) is 4.50. The summed E-state index contributed by atoms with van der Waals surface area (Å²) in [5, 5.41) is 3.93. The molecule has 130 valence electrons. The average molecular weight is 401 g/mol. The molecule has 4 nitrogen and oxygen atoms in total. The van der Waals surface area contributed by atoms with Crippen molar-refractivity contribution >= 4 is 32.8 Å². The highest BCUT2D eigenvalue weighted by Gasteiger charge is 2.18. The fraction of sp³-hybridized carbons (Fsp3) is 0.250. The largest absolute Gasteiger partial charge is 0.451 e. The van der Waals surface area contributed by atoms with Gasteiger partial charge in [-0.3, -0.25) is 4.79 Å². The second-order valence-corrected chi connectivity index (χ2v) is 7.30. The highest BCUT2D eigenvalue weighted by Crippen LogP contribution is 2.28. The average Bonchev–Trinajstić information content (AvgIpc) is 2.90. The van der Waals surface area contributed by atoms with Crippen LogP contribution >= 0.6 is 15.9 Å². The number of furan rings is 1. The van der Waals surface area contributed by atoms with Gasteiger partial charge in [-0.2, -0.15) is 0 Å². The van der Waals surface area contributed by atoms with Crippen LogP contribution in [0.5, 0.6) is 0 Å². The first-order chi connectivity index (χ1) is 12.0. The van der Waals surface area contributed by atoms with Crippen molar-refractivity contribution in [3.05, 3.63) is 69.4 Å². The van der Waals surface area contributed by atoms with Crippen LogP contribution in [0.1, 0.15) is 27.2 Å². The lowest BCUT2D eigenvalue weighted by molar-refractivity contribution is 0.0924. The normalized spacial score (nSPS) is 11.2. The van der Waals surface area contributed by atoms with E-state index in [9.17, 15) is 4.79 Å². The molecule has 1 N–H and O–H groups in total. The smallest absolute Gasteiger partial charge is 0.287 e. The minimum Gasteiger partial charge on any atom is -0.451 e. The third-order valence-corrected chi connectivity index (χ3v) is 4.64. The van der Waals surface area contributed by atoms with Gasteiger partial charge in [0.15, 0.2) is 5.76 Å². The van der Waals surface area contributed by atoms with Gasteiger partial charge < -0.3 is 14.6 Å². The molecule has 0 aliphatic carbocycles. The minimum atomic E-state index is -0.190. The summed E-state index contributed by atoms with van der Waals surface area (Å²) in [6.07, 6.45) is 0. The number of benzene rings is 2. The van der Waals surface area contributed by atoms with E-state index in [4.69, 9.17) is 4.42 Å². The van der Waals surface area contributed by atoms with Gasteiger partial charge >= 0.3 is 0 Å². The molecule has 0 atom stereocenters. The zero-order chi connectivity index (χ0) is 18.0. The first-order valence-electron chi connectivity index (χ1n) is 8.14. The first-order valence-corrected chi connectivity index (χ1v) is 8.93. The number of carbonyl (C=O) groups excluding carboxylic acids is 1. The molecule has 0 fully saturated rings. The third kappa shape index (κ3) is 3.94. The van der Waals surface area contributed by atoms with Gasteiger partial charge in [0, 0.05) is 28.5 Å². The topological polar surface area (TPSA) is 45.5 Å². The Labute approximate surface area is 155 Å². The number of nitrogens with zero attached hydrogens (tertiary/aromatic N) is 1. The molecule has 0 saturated carbocycles. The Morgan fingerprint density at radius 2 is 1.88 bits per heavy atom. The molecule has 1 aromatic heterocycles. The van der Waals surface area contributed by atoms with Crippen LogP contribution in [0.4, 0.5) is 0 Å². The second-order valence-electron chi connectivity index (χ2n) is 6.39. The van der Waals surface area contributed by atoms with Gasteiger partial charge in [0.05, 0.1) is 0 Å². The number of halogens is 1. The van der Waals surface area contributed by atoms with Gasteiger partial charge in [-0.1, -0.05) is 40.2 Å². The van der Waals surface area contributed by atoms with Crippen LogP contribution in [0, 0.1) is 6.92 Å². The molecular weight excluding hydrogens is 380 g/mol. The van der Waals surface area contributed by atoms with Crippen molar-refractivity contribution in [3.63, 3.8) is 0 Å². The second kappa shape index (κ2) is 7.42. The maximum absolute atomic E-state index is 12.6. The Hall–Kier alpha value is -2.11. The fourth-order valence-corrected chi connectivity index (χ4v) is 3.25. The Bertz CT molecular complexity index is 915. The predicted molar refractivity (Wildman–Crippen MR) is 104 cm³/mol. The van der Waals surface area contributed by atoms with Crippen LogP contribution in [0.15, 0.2) is 51.4 Å². The first kappa shape index (κ1) is 17.7. The van der Waals surface area contributed by atoms with E-state index in [-0.39, 0.29) is 5.91 Å². The zero-order valence-corrected chi connectivity index (χ0v) is 16.2. The van der Waals surface area contributed by atoms with Gasteiger partial charge in [0.1, 0.15) is 5.58 Å². The molecule has 0 bridgehead atoms. The number of rotatable bonds is 5. The Morgan fingerprint density at radius 1 is 1.16 bits per heavy atom. The Balaban J connectivity index is 1.79. The lowest BCUT2D eigenvalue weighted by atomic mass is 10.1. The van der Waals surface area contributed by atoms with Gasteiger partial charge in [0.2, 0.25) is 0 Å². The molecule has 1 amide bonds. The number of amides is 1. The van der Waals surface area contributed by atoms with Crippen LogP contribution in [-0.4, -0.2) is 24.9 Å². The molecule has 0 saturated heterocycles. The Kier molecular flexibility index (Phi) is 5.25. The molecule has 0 radical (unpaired) electrons. The van der Waals surface area contributed by atoms with E-state index in [1.807, 2.05) is 57.4 Å². The molecule has 0 spiro atoms. The SMILES string of the molecule is Cc1c(C(=O)NCc2ccccc2CN(C)C)oc2ccc(Br)cc12. The maximum Gasteiger partial charge on any atom is 0.287 e. The molecule has 3 aromatic rings. The van der Waals surface area contributed by atoms with Crippen LogP contribution in [0.3, 0.4) is 0 Å². The van der Waals surface area contributed by atoms with Gasteiger partial charge in [-0.15, -0.1) is 0 Å². The molecule has 5 heteroatoms. The van der Waals surface area contributed by atoms with E-state index >= 15 is 0 Å². The summed E-state index contributed by atoms with van der Waals surface area (Å²) in [5.74, 6) is 0.183. The number of fused-ring (bicyclic) bond motifs is 1. The summed E-state index contributed by atoms with van der Waals surface area (Å²) >= 11 is 3.46. The molecule has 1 heterocycles. The number of hydrogen-bond acceptors (Lipinski definition) is 3. The van der Waals surface area contributed by atoms with Crippen molar-refractivity contribution in [2.24, 2.45) is 0 Å². The number of aryl methyl sites for hydroxylation is 1.